The van der Waals surface area contributed by atoms with Crippen LogP contribution in [0, 0.1) is 0 Å². The van der Waals surface area contributed by atoms with Crippen molar-refractivity contribution in [2.24, 2.45) is 0 Å². The van der Waals surface area contributed by atoms with Gasteiger partial charge in [-0.05, 0) is 42.0 Å². The van der Waals surface area contributed by atoms with Gasteiger partial charge in [0.05, 0.1) is 0 Å². The fourth-order valence-corrected chi connectivity index (χ4v) is 2.52. The first-order valence-corrected chi connectivity index (χ1v) is 6.12. The lowest BCUT2D eigenvalue weighted by molar-refractivity contribution is 0.898. The molecule has 1 aliphatic rings. The standard InChI is InChI=1S/C14H21N/c1-4-6-12-10-14-13(7-8-15(14)3)9-11(12)5-2/h9-10H,4-8H2,1-3H3. The van der Waals surface area contributed by atoms with E-state index in [1.165, 1.54) is 37.9 Å². The molecule has 0 spiro atoms. The third-order valence-corrected chi connectivity index (χ3v) is 3.43. The van der Waals surface area contributed by atoms with E-state index in [0.29, 0.717) is 0 Å². The van der Waals surface area contributed by atoms with Crippen molar-refractivity contribution in [1.29, 1.82) is 0 Å². The molecular weight excluding hydrogens is 182 g/mol. The molecule has 1 nitrogen and oxygen atoms in total. The third kappa shape index (κ3) is 1.88. The van der Waals surface area contributed by atoms with Crippen LogP contribution in [0.3, 0.4) is 0 Å². The van der Waals surface area contributed by atoms with E-state index in [1.54, 1.807) is 16.7 Å². The summed E-state index contributed by atoms with van der Waals surface area (Å²) in [5.74, 6) is 0. The van der Waals surface area contributed by atoms with Gasteiger partial charge in [-0.25, -0.2) is 0 Å². The smallest absolute Gasteiger partial charge is 0.0399 e. The quantitative estimate of drug-likeness (QED) is 0.729. The molecule has 1 heteroatoms. The fraction of sp³-hybridized carbons (Fsp3) is 0.571. The lowest BCUT2D eigenvalue weighted by atomic mass is 9.97. The molecule has 1 aliphatic heterocycles. The van der Waals surface area contributed by atoms with Crippen LogP contribution in [0.2, 0.25) is 0 Å². The summed E-state index contributed by atoms with van der Waals surface area (Å²) in [5.41, 5.74) is 6.14. The minimum Gasteiger partial charge on any atom is -0.374 e. The zero-order valence-corrected chi connectivity index (χ0v) is 10.1. The van der Waals surface area contributed by atoms with E-state index in [4.69, 9.17) is 0 Å². The lowest BCUT2D eigenvalue weighted by Crippen LogP contribution is -2.12. The van der Waals surface area contributed by atoms with Crippen LogP contribution in [-0.2, 0) is 19.3 Å². The Labute approximate surface area is 93.1 Å². The number of aryl methyl sites for hydroxylation is 2. The summed E-state index contributed by atoms with van der Waals surface area (Å²) in [6, 6.07) is 4.86. The maximum absolute atomic E-state index is 2.43. The van der Waals surface area contributed by atoms with Crippen LogP contribution in [0.25, 0.3) is 0 Å². The minimum absolute atomic E-state index is 1.17. The van der Waals surface area contributed by atoms with Gasteiger partial charge in [-0.1, -0.05) is 26.3 Å². The first kappa shape index (κ1) is 10.5. The average molecular weight is 203 g/mol. The van der Waals surface area contributed by atoms with Gasteiger partial charge in [0.15, 0.2) is 0 Å². The Morgan fingerprint density at radius 1 is 1.20 bits per heavy atom. The van der Waals surface area contributed by atoms with Gasteiger partial charge in [0.2, 0.25) is 0 Å². The van der Waals surface area contributed by atoms with E-state index in [0.717, 1.165) is 0 Å². The van der Waals surface area contributed by atoms with Gasteiger partial charge in [-0.2, -0.15) is 0 Å². The molecule has 0 radical (unpaired) electrons. The van der Waals surface area contributed by atoms with Gasteiger partial charge in [0.25, 0.3) is 0 Å². The molecule has 0 fully saturated rings. The molecule has 0 unspecified atom stereocenters. The summed E-state index contributed by atoms with van der Waals surface area (Å²) in [5, 5.41) is 0. The third-order valence-electron chi connectivity index (χ3n) is 3.43. The van der Waals surface area contributed by atoms with Crippen molar-refractivity contribution in [3.8, 4) is 0 Å². The van der Waals surface area contributed by atoms with Crippen LogP contribution >= 0.6 is 0 Å². The second-order valence-electron chi connectivity index (χ2n) is 4.52. The minimum atomic E-state index is 1.17. The molecule has 0 aromatic heterocycles. The Morgan fingerprint density at radius 2 is 2.00 bits per heavy atom. The number of hydrogen-bond donors (Lipinski definition) is 0. The molecule has 1 aromatic rings. The maximum atomic E-state index is 2.43. The largest absolute Gasteiger partial charge is 0.374 e. The zero-order valence-electron chi connectivity index (χ0n) is 10.1. The summed E-state index contributed by atoms with van der Waals surface area (Å²) in [7, 11) is 2.20. The van der Waals surface area contributed by atoms with Gasteiger partial charge in [0, 0.05) is 19.3 Å². The highest BCUT2D eigenvalue weighted by Gasteiger charge is 2.17. The predicted octanol–water partition coefficient (Wildman–Crippen LogP) is 3.19. The van der Waals surface area contributed by atoms with E-state index in [9.17, 15) is 0 Å². The van der Waals surface area contributed by atoms with E-state index >= 15 is 0 Å². The van der Waals surface area contributed by atoms with Crippen molar-refractivity contribution in [2.45, 2.75) is 39.5 Å². The lowest BCUT2D eigenvalue weighted by Gasteiger charge is -2.15. The van der Waals surface area contributed by atoms with Crippen molar-refractivity contribution in [1.82, 2.24) is 0 Å². The number of nitrogens with zero attached hydrogens (tertiary/aromatic N) is 1. The van der Waals surface area contributed by atoms with E-state index in [2.05, 4.69) is 37.9 Å². The summed E-state index contributed by atoms with van der Waals surface area (Å²) in [4.78, 5) is 2.38. The van der Waals surface area contributed by atoms with Crippen LogP contribution in [0.4, 0.5) is 5.69 Å². The van der Waals surface area contributed by atoms with Crippen LogP contribution in [0.15, 0.2) is 12.1 Å². The van der Waals surface area contributed by atoms with E-state index in [1.807, 2.05) is 0 Å². The highest BCUT2D eigenvalue weighted by atomic mass is 15.1. The van der Waals surface area contributed by atoms with Gasteiger partial charge >= 0.3 is 0 Å². The molecule has 82 valence electrons. The van der Waals surface area contributed by atoms with Crippen LogP contribution in [0.1, 0.15) is 37.0 Å². The average Bonchev–Trinajstić information content (AvgIpc) is 2.60. The number of likely N-dealkylation sites (N-methyl/N-ethyl adjacent to an activating group) is 1. The highest BCUT2D eigenvalue weighted by molar-refractivity contribution is 5.60. The number of fused-ring (bicyclic) bond motifs is 1. The van der Waals surface area contributed by atoms with E-state index < -0.39 is 0 Å². The number of rotatable bonds is 3. The molecule has 1 aromatic carbocycles. The van der Waals surface area contributed by atoms with Crippen molar-refractivity contribution < 1.29 is 0 Å². The molecule has 15 heavy (non-hydrogen) atoms. The maximum Gasteiger partial charge on any atom is 0.0399 e. The summed E-state index contributed by atoms with van der Waals surface area (Å²) >= 11 is 0. The number of anilines is 1. The molecule has 0 N–H and O–H groups in total. The summed E-state index contributed by atoms with van der Waals surface area (Å²) in [6.07, 6.45) is 4.87. The van der Waals surface area contributed by atoms with Crippen LogP contribution in [0.5, 0.6) is 0 Å². The molecule has 0 bridgehead atoms. The molecule has 1 heterocycles. The van der Waals surface area contributed by atoms with Gasteiger partial charge in [-0.15, -0.1) is 0 Å². The Kier molecular flexibility index (Phi) is 2.99. The highest BCUT2D eigenvalue weighted by Crippen LogP contribution is 2.30. The van der Waals surface area contributed by atoms with Gasteiger partial charge in [0.1, 0.15) is 0 Å². The second-order valence-corrected chi connectivity index (χ2v) is 4.52. The van der Waals surface area contributed by atoms with Gasteiger partial charge in [-0.3, -0.25) is 0 Å². The molecular formula is C14H21N. The predicted molar refractivity (Wildman–Crippen MR) is 66.8 cm³/mol. The Hall–Kier alpha value is -0.980. The molecule has 0 amide bonds. The number of hydrogen-bond acceptors (Lipinski definition) is 1. The summed E-state index contributed by atoms with van der Waals surface area (Å²) in [6.45, 7) is 5.71. The Bertz CT molecular complexity index is 355. The SMILES string of the molecule is CCCc1cc2c(cc1CC)CCN2C. The monoisotopic (exact) mass is 203 g/mol. The van der Waals surface area contributed by atoms with Crippen molar-refractivity contribution >= 4 is 5.69 Å². The molecule has 2 rings (SSSR count). The van der Waals surface area contributed by atoms with Crippen LogP contribution < -0.4 is 4.90 Å². The molecule has 0 saturated carbocycles. The van der Waals surface area contributed by atoms with Crippen molar-refractivity contribution in [3.05, 3.63) is 28.8 Å². The van der Waals surface area contributed by atoms with Gasteiger partial charge < -0.3 is 4.90 Å². The topological polar surface area (TPSA) is 3.24 Å². The van der Waals surface area contributed by atoms with Crippen LogP contribution in [-0.4, -0.2) is 13.6 Å². The molecule has 0 aliphatic carbocycles. The van der Waals surface area contributed by atoms with E-state index in [-0.39, 0.29) is 0 Å². The normalized spacial score (nSPS) is 14.5. The Morgan fingerprint density at radius 3 is 2.67 bits per heavy atom. The first-order chi connectivity index (χ1) is 7.26. The summed E-state index contributed by atoms with van der Waals surface area (Å²) < 4.78 is 0. The zero-order chi connectivity index (χ0) is 10.8. The second kappa shape index (κ2) is 4.26. The van der Waals surface area contributed by atoms with Crippen molar-refractivity contribution in [2.75, 3.05) is 18.5 Å². The molecule has 0 saturated heterocycles. The number of benzene rings is 1. The fourth-order valence-electron chi connectivity index (χ4n) is 2.52. The van der Waals surface area contributed by atoms with Crippen molar-refractivity contribution in [3.63, 3.8) is 0 Å². The first-order valence-electron chi connectivity index (χ1n) is 6.12. The Balaban J connectivity index is 2.42. The molecule has 0 atom stereocenters.